The van der Waals surface area contributed by atoms with Crippen molar-refractivity contribution in [1.82, 2.24) is 0 Å². The normalized spacial score (nSPS) is 10.7. The minimum absolute atomic E-state index is 0.126. The number of hydrogen-bond acceptors (Lipinski definition) is 7. The van der Waals surface area contributed by atoms with Crippen molar-refractivity contribution in [1.29, 1.82) is 0 Å². The molecule has 2 rings (SSSR count). The van der Waals surface area contributed by atoms with Crippen LogP contribution in [0, 0.1) is 0 Å². The Balaban J connectivity index is 2.19. The molecule has 0 atom stereocenters. The number of benzene rings is 2. The Labute approximate surface area is 168 Å². The monoisotopic (exact) mass is 401 g/mol. The Morgan fingerprint density at radius 1 is 1.00 bits per heavy atom. The lowest BCUT2D eigenvalue weighted by Crippen LogP contribution is -2.24. The smallest absolute Gasteiger partial charge is 0.185 e. The molecule has 0 aromatic heterocycles. The summed E-state index contributed by atoms with van der Waals surface area (Å²) in [6, 6.07) is 10.4. The highest BCUT2D eigenvalue weighted by molar-refractivity contribution is 7.99. The summed E-state index contributed by atoms with van der Waals surface area (Å²) in [7, 11) is 4.65. The third-order valence-electron chi connectivity index (χ3n) is 3.84. The molecule has 0 unspecified atom stereocenters. The number of rotatable bonds is 10. The summed E-state index contributed by atoms with van der Waals surface area (Å²) in [4.78, 5) is 23.1. The Morgan fingerprint density at radius 2 is 1.68 bits per heavy atom. The van der Waals surface area contributed by atoms with Crippen molar-refractivity contribution in [2.45, 2.75) is 5.75 Å². The molecule has 0 aliphatic rings. The van der Waals surface area contributed by atoms with Crippen molar-refractivity contribution in [3.63, 3.8) is 0 Å². The first kappa shape index (κ1) is 21.4. The summed E-state index contributed by atoms with van der Waals surface area (Å²) < 4.78 is 15.7. The fourth-order valence-corrected chi connectivity index (χ4v) is 3.20. The van der Waals surface area contributed by atoms with Crippen LogP contribution in [0.2, 0.25) is 0 Å². The van der Waals surface area contributed by atoms with Gasteiger partial charge in [0.1, 0.15) is 17.2 Å². The molecule has 0 fully saturated rings. The zero-order chi connectivity index (χ0) is 20.5. The number of allylic oxidation sites excluding steroid dienone is 1. The van der Waals surface area contributed by atoms with Crippen molar-refractivity contribution in [3.05, 3.63) is 59.2 Å². The van der Waals surface area contributed by atoms with Gasteiger partial charge in [0.15, 0.2) is 5.78 Å². The molecular weight excluding hydrogens is 380 g/mol. The summed E-state index contributed by atoms with van der Waals surface area (Å²) in [6.07, 6.45) is 3.15. The number of ether oxygens (including phenoxy) is 3. The minimum Gasteiger partial charge on any atom is -0.549 e. The van der Waals surface area contributed by atoms with Crippen molar-refractivity contribution in [2.75, 3.05) is 27.1 Å². The molecule has 6 nitrogen and oxygen atoms in total. The van der Waals surface area contributed by atoms with Crippen LogP contribution in [-0.2, 0) is 10.5 Å². The van der Waals surface area contributed by atoms with Crippen LogP contribution in [0.5, 0.6) is 17.2 Å². The molecule has 0 amide bonds. The van der Waals surface area contributed by atoms with E-state index in [0.29, 0.717) is 28.6 Å². The number of carbonyl (C=O) groups excluding carboxylic acids is 2. The van der Waals surface area contributed by atoms with E-state index in [0.717, 1.165) is 11.1 Å². The fraction of sp³-hybridized carbons (Fsp3) is 0.238. The highest BCUT2D eigenvalue weighted by Gasteiger charge is 2.09. The number of carbonyl (C=O) groups is 2. The summed E-state index contributed by atoms with van der Waals surface area (Å²) in [5.41, 5.74) is 2.00. The van der Waals surface area contributed by atoms with Gasteiger partial charge in [-0.1, -0.05) is 6.08 Å². The van der Waals surface area contributed by atoms with Crippen LogP contribution in [0.25, 0.3) is 6.08 Å². The standard InChI is InChI=1S/C21H22O6S/c1-25-17-8-14(9-18(11-17)26-2)4-6-19(22)15-5-7-20(27-3)16(10-15)12-28-13-21(23)24/h4-11H,12-13H2,1-3H3,(H,23,24)/p-1/b6-4+. The molecule has 2 aromatic carbocycles. The predicted molar refractivity (Wildman–Crippen MR) is 107 cm³/mol. The van der Waals surface area contributed by atoms with Gasteiger partial charge in [-0.05, 0) is 42.0 Å². The van der Waals surface area contributed by atoms with Gasteiger partial charge in [-0.25, -0.2) is 0 Å². The molecule has 7 heteroatoms. The molecule has 0 spiro atoms. The van der Waals surface area contributed by atoms with Crippen LogP contribution in [0.4, 0.5) is 0 Å². The fourth-order valence-electron chi connectivity index (χ4n) is 2.48. The maximum Gasteiger partial charge on any atom is 0.185 e. The van der Waals surface area contributed by atoms with Crippen LogP contribution in [0.15, 0.2) is 42.5 Å². The molecule has 148 valence electrons. The summed E-state index contributed by atoms with van der Waals surface area (Å²) in [5.74, 6) is 0.812. The maximum absolute atomic E-state index is 12.6. The molecule has 0 N–H and O–H groups in total. The quantitative estimate of drug-likeness (QED) is 0.447. The van der Waals surface area contributed by atoms with E-state index in [1.54, 1.807) is 56.7 Å². The van der Waals surface area contributed by atoms with Crippen LogP contribution >= 0.6 is 11.8 Å². The van der Waals surface area contributed by atoms with Crippen LogP contribution in [0.1, 0.15) is 21.5 Å². The number of thioether (sulfide) groups is 1. The van der Waals surface area contributed by atoms with E-state index < -0.39 is 5.97 Å². The minimum atomic E-state index is -1.13. The topological polar surface area (TPSA) is 84.9 Å². The van der Waals surface area contributed by atoms with E-state index in [1.807, 2.05) is 0 Å². The molecule has 0 aliphatic carbocycles. The number of carboxylic acid groups (broad SMARTS) is 1. The molecule has 0 bridgehead atoms. The Kier molecular flexibility index (Phi) is 7.95. The van der Waals surface area contributed by atoms with Gasteiger partial charge in [-0.15, -0.1) is 0 Å². The van der Waals surface area contributed by atoms with Gasteiger partial charge in [0.25, 0.3) is 0 Å². The third kappa shape index (κ3) is 6.06. The highest BCUT2D eigenvalue weighted by atomic mass is 32.2. The molecule has 28 heavy (non-hydrogen) atoms. The Hall–Kier alpha value is -2.93. The highest BCUT2D eigenvalue weighted by Crippen LogP contribution is 2.26. The first-order valence-electron chi connectivity index (χ1n) is 8.36. The maximum atomic E-state index is 12.6. The second-order valence-corrected chi connectivity index (χ2v) is 6.72. The average Bonchev–Trinajstić information content (AvgIpc) is 2.71. The van der Waals surface area contributed by atoms with Gasteiger partial charge in [0.05, 0.1) is 27.3 Å². The predicted octanol–water partition coefficient (Wildman–Crippen LogP) is 2.59. The van der Waals surface area contributed by atoms with Gasteiger partial charge in [-0.3, -0.25) is 4.79 Å². The SMILES string of the molecule is COc1cc(/C=C/C(=O)c2ccc(OC)c(CSCC(=O)[O-])c2)cc(OC)c1. The first-order chi connectivity index (χ1) is 13.5. The lowest BCUT2D eigenvalue weighted by Gasteiger charge is -2.10. The van der Waals surface area contributed by atoms with Crippen molar-refractivity contribution in [3.8, 4) is 17.2 Å². The molecule has 0 aliphatic heterocycles. The van der Waals surface area contributed by atoms with Crippen LogP contribution in [0.3, 0.4) is 0 Å². The first-order valence-corrected chi connectivity index (χ1v) is 9.52. The van der Waals surface area contributed by atoms with Gasteiger partial charge in [-0.2, -0.15) is 11.8 Å². The summed E-state index contributed by atoms with van der Waals surface area (Å²) in [6.45, 7) is 0. The molecule has 0 saturated carbocycles. The van der Waals surface area contributed by atoms with Crippen molar-refractivity contribution >= 4 is 29.6 Å². The molecule has 2 aromatic rings. The van der Waals surface area contributed by atoms with E-state index >= 15 is 0 Å². The molecule has 0 radical (unpaired) electrons. The van der Waals surface area contributed by atoms with Gasteiger partial charge in [0.2, 0.25) is 0 Å². The lowest BCUT2D eigenvalue weighted by atomic mass is 10.1. The molecular formula is C21H21O6S-. The van der Waals surface area contributed by atoms with E-state index in [9.17, 15) is 14.7 Å². The molecule has 0 saturated heterocycles. The van der Waals surface area contributed by atoms with Gasteiger partial charge < -0.3 is 24.1 Å². The van der Waals surface area contributed by atoms with E-state index in [-0.39, 0.29) is 11.5 Å². The van der Waals surface area contributed by atoms with Gasteiger partial charge >= 0.3 is 0 Å². The zero-order valence-corrected chi connectivity index (χ0v) is 16.7. The largest absolute Gasteiger partial charge is 0.549 e. The number of hydrogen-bond donors (Lipinski definition) is 0. The number of methoxy groups -OCH3 is 3. The van der Waals surface area contributed by atoms with E-state index in [1.165, 1.54) is 24.9 Å². The lowest BCUT2D eigenvalue weighted by molar-refractivity contribution is -0.301. The zero-order valence-electron chi connectivity index (χ0n) is 15.9. The van der Waals surface area contributed by atoms with Gasteiger partial charge in [0, 0.05) is 28.7 Å². The third-order valence-corrected chi connectivity index (χ3v) is 4.80. The van der Waals surface area contributed by atoms with E-state index in [4.69, 9.17) is 14.2 Å². The second-order valence-electron chi connectivity index (χ2n) is 5.74. The van der Waals surface area contributed by atoms with Crippen molar-refractivity contribution < 1.29 is 28.9 Å². The number of ketones is 1. The second kappa shape index (κ2) is 10.4. The van der Waals surface area contributed by atoms with E-state index in [2.05, 4.69) is 0 Å². The summed E-state index contributed by atoms with van der Waals surface area (Å²) in [5, 5.41) is 10.6. The van der Waals surface area contributed by atoms with Crippen LogP contribution in [-0.4, -0.2) is 38.8 Å². The molecule has 0 heterocycles. The van der Waals surface area contributed by atoms with Crippen LogP contribution < -0.4 is 19.3 Å². The van der Waals surface area contributed by atoms with Crippen molar-refractivity contribution in [2.24, 2.45) is 0 Å². The summed E-state index contributed by atoms with van der Waals surface area (Å²) >= 11 is 1.18. The number of carboxylic acids is 1. The average molecular weight is 401 g/mol. The number of aliphatic carboxylic acids is 1. The Bertz CT molecular complexity index is 853. The Morgan fingerprint density at radius 3 is 2.25 bits per heavy atom.